The monoisotopic (exact) mass is 772 g/mol. The molecule has 5 N–H and O–H groups in total. The molecule has 3 saturated heterocycles. The lowest BCUT2D eigenvalue weighted by Gasteiger charge is -2.49. The van der Waals surface area contributed by atoms with Crippen molar-refractivity contribution in [1.29, 1.82) is 0 Å². The van der Waals surface area contributed by atoms with Crippen molar-refractivity contribution in [1.82, 2.24) is 15.2 Å². The topological polar surface area (TPSA) is 163 Å². The lowest BCUT2D eigenvalue weighted by molar-refractivity contribution is -0.302. The van der Waals surface area contributed by atoms with E-state index in [2.05, 4.69) is 24.1 Å². The molecule has 0 spiro atoms. The van der Waals surface area contributed by atoms with E-state index in [1.807, 2.05) is 72.0 Å². The minimum absolute atomic E-state index is 0.0628. The van der Waals surface area contributed by atoms with Gasteiger partial charge in [0.05, 0.1) is 35.6 Å². The maximum absolute atomic E-state index is 14.6. The van der Waals surface area contributed by atoms with E-state index in [1.54, 1.807) is 26.0 Å². The van der Waals surface area contributed by atoms with Crippen LogP contribution in [0.4, 0.5) is 0 Å². The third-order valence-electron chi connectivity index (χ3n) is 13.2. The number of rotatable bonds is 8. The fourth-order valence-electron chi connectivity index (χ4n) is 10.0. The molecule has 3 aliphatic rings. The van der Waals surface area contributed by atoms with Gasteiger partial charge in [0.15, 0.2) is 6.29 Å². The Kier molecular flexibility index (Phi) is 13.9. The number of hydrogen-bond acceptors (Lipinski definition) is 9. The third kappa shape index (κ3) is 9.59. The van der Waals surface area contributed by atoms with Gasteiger partial charge in [0, 0.05) is 56.6 Å². The SMILES string of the molecule is CO[C@]1(C)C[C@H](C[C@H]2[C@H](C)[C@@H](O[C@@H]3O[C@H](C)CC(C(C)C)[C@H]3O)[C@](C)(O)C[C@@H](C)CN(C)C(=O)[C@H](Cc3c[nH]c4ccccc34)NC(=O)[C@@H]2C)O[C@@H](C)[C@@H]1O. The number of ether oxygens (including phenoxy) is 4. The van der Waals surface area contributed by atoms with Gasteiger partial charge < -0.3 is 49.5 Å². The molecular weight excluding hydrogens is 702 g/mol. The van der Waals surface area contributed by atoms with Crippen LogP contribution in [0.15, 0.2) is 30.5 Å². The number of H-pyrrole nitrogens is 1. The third-order valence-corrected chi connectivity index (χ3v) is 13.2. The summed E-state index contributed by atoms with van der Waals surface area (Å²) in [6.45, 7) is 17.8. The molecular formula is C43H69N3O9. The number of aromatic amines is 1. The molecule has 1 aromatic carbocycles. The molecule has 1 unspecified atom stereocenters. The van der Waals surface area contributed by atoms with Crippen LogP contribution >= 0.6 is 0 Å². The van der Waals surface area contributed by atoms with E-state index in [0.717, 1.165) is 16.5 Å². The largest absolute Gasteiger partial charge is 0.388 e. The number of fused-ring (bicyclic) bond motifs is 1. The number of nitrogens with zero attached hydrogens (tertiary/aromatic N) is 1. The molecule has 0 aliphatic carbocycles. The second-order valence-corrected chi connectivity index (χ2v) is 18.2. The molecule has 12 nitrogen and oxygen atoms in total. The molecule has 1 aromatic heterocycles. The first-order valence-electron chi connectivity index (χ1n) is 20.5. The van der Waals surface area contributed by atoms with Crippen LogP contribution in [0.2, 0.25) is 0 Å². The van der Waals surface area contributed by atoms with E-state index in [-0.39, 0.29) is 42.1 Å². The molecule has 3 fully saturated rings. The van der Waals surface area contributed by atoms with Crippen molar-refractivity contribution in [3.05, 3.63) is 36.0 Å². The molecule has 2 aromatic rings. The van der Waals surface area contributed by atoms with E-state index in [0.29, 0.717) is 32.2 Å². The number of methoxy groups -OCH3 is 1. The molecule has 0 radical (unpaired) electrons. The average molecular weight is 772 g/mol. The number of carbonyl (C=O) groups excluding carboxylic acids is 2. The molecule has 3 aliphatic heterocycles. The number of benzene rings is 1. The molecule has 0 saturated carbocycles. The highest BCUT2D eigenvalue weighted by Crippen LogP contribution is 2.43. The summed E-state index contributed by atoms with van der Waals surface area (Å²) in [5.41, 5.74) is -0.449. The maximum Gasteiger partial charge on any atom is 0.245 e. The summed E-state index contributed by atoms with van der Waals surface area (Å²) in [7, 11) is 3.33. The number of amides is 2. The molecule has 4 heterocycles. The van der Waals surface area contributed by atoms with Crippen molar-refractivity contribution in [2.45, 2.75) is 155 Å². The number of likely N-dealkylation sites (N-methyl/N-ethyl adjacent to an activating group) is 1. The molecule has 12 heteroatoms. The standard InChI is InChI=1S/C43H69N3O9/c1-23(2)32-16-25(4)53-41(36(32)47)55-38-26(5)33(18-30-20-43(9,52-11)37(48)28(7)54-30)27(6)39(49)45-35(17-29-21-44-34-15-13-12-14-31(29)34)40(50)46(10)22-24(3)19-42(38,8)51/h12-15,21,23-28,30,32-33,35-38,41,44,47-48,51H,16-20,22H2,1-11H3,(H,45,49)/t24-,25-,26+,27-,28+,30+,32?,33+,35+,36-,37+,38-,41+,42-,43-/m1/s1. The van der Waals surface area contributed by atoms with E-state index in [9.17, 15) is 24.9 Å². The molecule has 5 rings (SSSR count). The van der Waals surface area contributed by atoms with Gasteiger partial charge in [0.25, 0.3) is 0 Å². The van der Waals surface area contributed by atoms with E-state index in [1.165, 1.54) is 0 Å². The van der Waals surface area contributed by atoms with Crippen LogP contribution in [0.1, 0.15) is 93.6 Å². The molecule has 2 amide bonds. The first-order chi connectivity index (χ1) is 25.8. The van der Waals surface area contributed by atoms with Gasteiger partial charge in [-0.2, -0.15) is 0 Å². The van der Waals surface area contributed by atoms with Gasteiger partial charge in [-0.1, -0.05) is 52.8 Å². The fraction of sp³-hybridized carbons (Fsp3) is 0.767. The van der Waals surface area contributed by atoms with Gasteiger partial charge in [-0.25, -0.2) is 0 Å². The number of para-hydroxylation sites is 1. The molecule has 15 atom stereocenters. The summed E-state index contributed by atoms with van der Waals surface area (Å²) >= 11 is 0. The Balaban J connectivity index is 1.56. The Hall–Kier alpha value is -2.58. The zero-order valence-electron chi connectivity index (χ0n) is 35.0. The van der Waals surface area contributed by atoms with Crippen LogP contribution in [-0.4, -0.2) is 118 Å². The summed E-state index contributed by atoms with van der Waals surface area (Å²) < 4.78 is 25.4. The second-order valence-electron chi connectivity index (χ2n) is 18.2. The van der Waals surface area contributed by atoms with Gasteiger partial charge in [-0.3, -0.25) is 9.59 Å². The Morgan fingerprint density at radius 3 is 2.40 bits per heavy atom. The van der Waals surface area contributed by atoms with Gasteiger partial charge in [0.1, 0.15) is 18.2 Å². The first-order valence-corrected chi connectivity index (χ1v) is 20.5. The van der Waals surface area contributed by atoms with Crippen LogP contribution in [-0.2, 0) is 35.0 Å². The van der Waals surface area contributed by atoms with E-state index >= 15 is 0 Å². The summed E-state index contributed by atoms with van der Waals surface area (Å²) in [4.78, 5) is 33.9. The number of nitrogens with one attached hydrogen (secondary N) is 2. The Morgan fingerprint density at radius 2 is 1.73 bits per heavy atom. The quantitative estimate of drug-likeness (QED) is 0.254. The van der Waals surface area contributed by atoms with Gasteiger partial charge >= 0.3 is 0 Å². The summed E-state index contributed by atoms with van der Waals surface area (Å²) in [5.74, 6) is -2.12. The van der Waals surface area contributed by atoms with E-state index < -0.39 is 71.8 Å². The van der Waals surface area contributed by atoms with Crippen LogP contribution in [0.3, 0.4) is 0 Å². The predicted molar refractivity (Wildman–Crippen MR) is 211 cm³/mol. The Morgan fingerprint density at radius 1 is 1.04 bits per heavy atom. The summed E-state index contributed by atoms with van der Waals surface area (Å²) in [6, 6.07) is 7.07. The number of aliphatic hydroxyl groups excluding tert-OH is 2. The number of carbonyl (C=O) groups is 2. The zero-order chi connectivity index (χ0) is 40.6. The average Bonchev–Trinajstić information content (AvgIpc) is 3.53. The summed E-state index contributed by atoms with van der Waals surface area (Å²) in [6.07, 6.45) is -0.789. The van der Waals surface area contributed by atoms with Crippen LogP contribution in [0.5, 0.6) is 0 Å². The molecule has 55 heavy (non-hydrogen) atoms. The minimum atomic E-state index is -1.45. The number of aliphatic hydroxyl groups is 3. The highest BCUT2D eigenvalue weighted by molar-refractivity contribution is 5.90. The van der Waals surface area contributed by atoms with Crippen LogP contribution in [0, 0.1) is 35.5 Å². The van der Waals surface area contributed by atoms with Gasteiger partial charge in [-0.15, -0.1) is 0 Å². The Labute approximate surface area is 328 Å². The zero-order valence-corrected chi connectivity index (χ0v) is 35.0. The van der Waals surface area contributed by atoms with Crippen molar-refractivity contribution in [3.8, 4) is 0 Å². The van der Waals surface area contributed by atoms with Crippen LogP contribution < -0.4 is 5.32 Å². The first kappa shape index (κ1) is 43.5. The van der Waals surface area contributed by atoms with Gasteiger partial charge in [0.2, 0.25) is 11.8 Å². The predicted octanol–water partition coefficient (Wildman–Crippen LogP) is 4.82. The van der Waals surface area contributed by atoms with E-state index in [4.69, 9.17) is 18.9 Å². The lowest BCUT2D eigenvalue weighted by Crippen LogP contribution is -2.58. The maximum atomic E-state index is 14.6. The minimum Gasteiger partial charge on any atom is -0.388 e. The normalized spacial score (nSPS) is 41.4. The highest BCUT2D eigenvalue weighted by atomic mass is 16.7. The molecule has 0 bridgehead atoms. The smallest absolute Gasteiger partial charge is 0.245 e. The summed E-state index contributed by atoms with van der Waals surface area (Å²) in [5, 5.41) is 39.4. The number of aromatic nitrogens is 1. The van der Waals surface area contributed by atoms with Crippen molar-refractivity contribution < 1.29 is 43.9 Å². The number of hydrogen-bond donors (Lipinski definition) is 5. The molecule has 310 valence electrons. The van der Waals surface area contributed by atoms with Crippen molar-refractivity contribution in [2.75, 3.05) is 20.7 Å². The fourth-order valence-corrected chi connectivity index (χ4v) is 10.0. The van der Waals surface area contributed by atoms with Crippen molar-refractivity contribution >= 4 is 22.7 Å². The van der Waals surface area contributed by atoms with Gasteiger partial charge in [-0.05, 0) is 88.2 Å². The highest BCUT2D eigenvalue weighted by Gasteiger charge is 2.51. The Bertz CT molecular complexity index is 1600. The second kappa shape index (κ2) is 17.5. The van der Waals surface area contributed by atoms with Crippen LogP contribution in [0.25, 0.3) is 10.9 Å². The van der Waals surface area contributed by atoms with Crippen molar-refractivity contribution in [3.63, 3.8) is 0 Å². The van der Waals surface area contributed by atoms with Crippen molar-refractivity contribution in [2.24, 2.45) is 35.5 Å². The lowest BCUT2D eigenvalue weighted by atomic mass is 9.70.